The van der Waals surface area contributed by atoms with Crippen molar-refractivity contribution in [2.45, 2.75) is 38.5 Å². The number of aliphatic hydroxyl groups is 1. The van der Waals surface area contributed by atoms with Gasteiger partial charge in [-0.3, -0.25) is 4.90 Å². The van der Waals surface area contributed by atoms with Gasteiger partial charge in [0.15, 0.2) is 0 Å². The number of carbonyl (C=O) groups is 1. The maximum Gasteiger partial charge on any atom is 0.416 e. The summed E-state index contributed by atoms with van der Waals surface area (Å²) in [6, 6.07) is 3.27. The van der Waals surface area contributed by atoms with E-state index < -0.39 is 36.0 Å². The first-order valence-corrected chi connectivity index (χ1v) is 6.28. The third-order valence-electron chi connectivity index (χ3n) is 3.01. The molecule has 0 aliphatic rings. The second kappa shape index (κ2) is 5.93. The molecule has 0 bridgehead atoms. The lowest BCUT2D eigenvalue weighted by Gasteiger charge is -2.39. The average molecular weight is 305 g/mol. The first-order valence-electron chi connectivity index (χ1n) is 6.28. The Morgan fingerprint density at radius 1 is 1.29 bits per heavy atom. The predicted molar refractivity (Wildman–Crippen MR) is 70.9 cm³/mol. The van der Waals surface area contributed by atoms with Crippen molar-refractivity contribution in [2.75, 3.05) is 6.61 Å². The molecule has 1 aromatic carbocycles. The van der Waals surface area contributed by atoms with E-state index in [2.05, 4.69) is 0 Å². The van der Waals surface area contributed by atoms with Gasteiger partial charge in [0.25, 0.3) is 0 Å². The van der Waals surface area contributed by atoms with E-state index in [0.717, 1.165) is 17.0 Å². The highest BCUT2D eigenvalue weighted by atomic mass is 19.4. The number of benzene rings is 1. The second-order valence-electron chi connectivity index (χ2n) is 5.64. The molecular formula is C14H18F3NO3. The molecule has 1 aromatic rings. The summed E-state index contributed by atoms with van der Waals surface area (Å²) in [7, 11) is 0. The highest BCUT2D eigenvalue weighted by Gasteiger charge is 2.36. The monoisotopic (exact) mass is 305 g/mol. The summed E-state index contributed by atoms with van der Waals surface area (Å²) in [5, 5.41) is 18.8. The molecule has 0 aromatic heterocycles. The quantitative estimate of drug-likeness (QED) is 0.898. The zero-order chi connectivity index (χ0) is 16.4. The van der Waals surface area contributed by atoms with Crippen molar-refractivity contribution >= 4 is 6.09 Å². The van der Waals surface area contributed by atoms with E-state index in [1.54, 1.807) is 20.8 Å². The fourth-order valence-electron chi connectivity index (χ4n) is 2.15. The Labute approximate surface area is 120 Å². The molecule has 21 heavy (non-hydrogen) atoms. The number of carboxylic acid groups (broad SMARTS) is 1. The average Bonchev–Trinajstić information content (AvgIpc) is 2.32. The van der Waals surface area contributed by atoms with Crippen molar-refractivity contribution < 1.29 is 28.2 Å². The predicted octanol–water partition coefficient (Wildman–Crippen LogP) is 3.52. The summed E-state index contributed by atoms with van der Waals surface area (Å²) in [6.07, 6.45) is -5.83. The van der Waals surface area contributed by atoms with Gasteiger partial charge in [-0.1, -0.05) is 12.1 Å². The molecule has 1 amide bonds. The van der Waals surface area contributed by atoms with Crippen molar-refractivity contribution in [2.24, 2.45) is 0 Å². The number of rotatable bonds is 3. The van der Waals surface area contributed by atoms with Gasteiger partial charge >= 0.3 is 12.3 Å². The van der Waals surface area contributed by atoms with Crippen molar-refractivity contribution in [1.29, 1.82) is 0 Å². The normalized spacial score (nSPS) is 13.9. The summed E-state index contributed by atoms with van der Waals surface area (Å²) >= 11 is 0. The molecule has 7 heteroatoms. The van der Waals surface area contributed by atoms with Gasteiger partial charge < -0.3 is 10.2 Å². The largest absolute Gasteiger partial charge is 0.465 e. The Kier molecular flexibility index (Phi) is 4.88. The van der Waals surface area contributed by atoms with Gasteiger partial charge in [0, 0.05) is 5.54 Å². The van der Waals surface area contributed by atoms with Crippen LogP contribution in [0.3, 0.4) is 0 Å². The van der Waals surface area contributed by atoms with Gasteiger partial charge in [0.05, 0.1) is 18.2 Å². The molecule has 2 N–H and O–H groups in total. The van der Waals surface area contributed by atoms with E-state index in [4.69, 9.17) is 0 Å². The number of nitrogens with zero attached hydrogens (tertiary/aromatic N) is 1. The fourth-order valence-corrected chi connectivity index (χ4v) is 2.15. The molecule has 118 valence electrons. The summed E-state index contributed by atoms with van der Waals surface area (Å²) in [6.45, 7) is 4.22. The highest BCUT2D eigenvalue weighted by molar-refractivity contribution is 5.67. The lowest BCUT2D eigenvalue weighted by Crippen LogP contribution is -2.48. The molecule has 4 nitrogen and oxygen atoms in total. The molecule has 1 atom stereocenters. The number of hydrogen-bond acceptors (Lipinski definition) is 2. The number of halogens is 3. The van der Waals surface area contributed by atoms with E-state index in [0.29, 0.717) is 0 Å². The lowest BCUT2D eigenvalue weighted by molar-refractivity contribution is -0.137. The molecule has 0 saturated heterocycles. The van der Waals surface area contributed by atoms with Crippen LogP contribution < -0.4 is 0 Å². The van der Waals surface area contributed by atoms with Crippen molar-refractivity contribution in [3.8, 4) is 0 Å². The lowest BCUT2D eigenvalue weighted by atomic mass is 9.97. The van der Waals surface area contributed by atoms with Crippen LogP contribution in [0.15, 0.2) is 24.3 Å². The zero-order valence-corrected chi connectivity index (χ0v) is 12.0. The Morgan fingerprint density at radius 3 is 2.24 bits per heavy atom. The molecule has 0 heterocycles. The van der Waals surface area contributed by atoms with E-state index in [1.165, 1.54) is 12.1 Å². The van der Waals surface area contributed by atoms with Crippen LogP contribution in [0.1, 0.15) is 37.9 Å². The maximum atomic E-state index is 12.7. The first-order chi connectivity index (χ1) is 9.48. The van der Waals surface area contributed by atoms with Crippen LogP contribution in [-0.2, 0) is 6.18 Å². The van der Waals surface area contributed by atoms with Crippen LogP contribution in [0.4, 0.5) is 18.0 Å². The van der Waals surface area contributed by atoms with Crippen LogP contribution in [0, 0.1) is 0 Å². The van der Waals surface area contributed by atoms with Crippen molar-refractivity contribution in [3.05, 3.63) is 35.4 Å². The zero-order valence-electron chi connectivity index (χ0n) is 12.0. The Morgan fingerprint density at radius 2 is 1.86 bits per heavy atom. The van der Waals surface area contributed by atoms with Gasteiger partial charge in [0.2, 0.25) is 0 Å². The number of aliphatic hydroxyl groups excluding tert-OH is 1. The Bertz CT molecular complexity index is 509. The van der Waals surface area contributed by atoms with Gasteiger partial charge in [-0.15, -0.1) is 0 Å². The Balaban J connectivity index is 3.30. The molecule has 0 fully saturated rings. The number of alkyl halides is 3. The van der Waals surface area contributed by atoms with Crippen LogP contribution in [0.2, 0.25) is 0 Å². The summed E-state index contributed by atoms with van der Waals surface area (Å²) < 4.78 is 38.2. The van der Waals surface area contributed by atoms with Gasteiger partial charge in [-0.25, -0.2) is 4.79 Å². The third-order valence-corrected chi connectivity index (χ3v) is 3.01. The fraction of sp³-hybridized carbons (Fsp3) is 0.500. The van der Waals surface area contributed by atoms with Crippen molar-refractivity contribution in [3.63, 3.8) is 0 Å². The van der Waals surface area contributed by atoms with Crippen LogP contribution in [-0.4, -0.2) is 33.4 Å². The standard InChI is InChI=1S/C14H18F3NO3/c1-13(2,3)18(12(20)21)11(8-19)9-5-4-6-10(7-9)14(15,16)17/h4-7,11,19H,8H2,1-3H3,(H,20,21). The summed E-state index contributed by atoms with van der Waals surface area (Å²) in [4.78, 5) is 12.3. The number of amides is 1. The maximum absolute atomic E-state index is 12.7. The van der Waals surface area contributed by atoms with E-state index >= 15 is 0 Å². The van der Waals surface area contributed by atoms with Crippen molar-refractivity contribution in [1.82, 2.24) is 4.90 Å². The molecule has 0 radical (unpaired) electrons. The summed E-state index contributed by atoms with van der Waals surface area (Å²) in [5.41, 5.74) is -1.64. The SMILES string of the molecule is CC(C)(C)N(C(=O)O)C(CO)c1cccc(C(F)(F)F)c1. The van der Waals surface area contributed by atoms with Gasteiger partial charge in [-0.2, -0.15) is 13.2 Å². The minimum Gasteiger partial charge on any atom is -0.465 e. The molecule has 0 aliphatic carbocycles. The van der Waals surface area contributed by atoms with Gasteiger partial charge in [0.1, 0.15) is 0 Å². The number of hydrogen-bond donors (Lipinski definition) is 2. The van der Waals surface area contributed by atoms with Crippen LogP contribution in [0.5, 0.6) is 0 Å². The van der Waals surface area contributed by atoms with E-state index in [-0.39, 0.29) is 5.56 Å². The van der Waals surface area contributed by atoms with E-state index in [9.17, 15) is 28.2 Å². The first kappa shape index (κ1) is 17.3. The highest BCUT2D eigenvalue weighted by Crippen LogP contribution is 2.33. The van der Waals surface area contributed by atoms with Crippen LogP contribution in [0.25, 0.3) is 0 Å². The molecular weight excluding hydrogens is 287 g/mol. The minimum absolute atomic E-state index is 0.102. The minimum atomic E-state index is -4.52. The van der Waals surface area contributed by atoms with E-state index in [1.807, 2.05) is 0 Å². The molecule has 1 rings (SSSR count). The summed E-state index contributed by atoms with van der Waals surface area (Å²) in [5.74, 6) is 0. The Hall–Kier alpha value is -1.76. The molecule has 1 unspecified atom stereocenters. The molecule has 0 saturated carbocycles. The van der Waals surface area contributed by atoms with Crippen LogP contribution >= 0.6 is 0 Å². The van der Waals surface area contributed by atoms with Gasteiger partial charge in [-0.05, 0) is 38.5 Å². The topological polar surface area (TPSA) is 60.8 Å². The second-order valence-corrected chi connectivity index (χ2v) is 5.64. The smallest absolute Gasteiger partial charge is 0.416 e. The molecule has 0 spiro atoms. The third kappa shape index (κ3) is 4.10. The molecule has 0 aliphatic heterocycles.